The van der Waals surface area contributed by atoms with Crippen LogP contribution in [0.25, 0.3) is 0 Å². The van der Waals surface area contributed by atoms with Gasteiger partial charge in [-0.1, -0.05) is 6.07 Å². The van der Waals surface area contributed by atoms with E-state index in [0.29, 0.717) is 13.1 Å². The minimum atomic E-state index is -0.485. The number of carbonyl (C=O) groups excluding carboxylic acids is 2. The van der Waals surface area contributed by atoms with Crippen molar-refractivity contribution in [1.29, 1.82) is 0 Å². The average molecular weight is 324 g/mol. The van der Waals surface area contributed by atoms with E-state index in [1.54, 1.807) is 11.9 Å². The van der Waals surface area contributed by atoms with Crippen molar-refractivity contribution in [2.75, 3.05) is 20.1 Å². The molecule has 2 rings (SSSR count). The van der Waals surface area contributed by atoms with E-state index >= 15 is 0 Å². The van der Waals surface area contributed by atoms with Gasteiger partial charge < -0.3 is 14.5 Å². The van der Waals surface area contributed by atoms with E-state index in [1.807, 2.05) is 43.2 Å². The van der Waals surface area contributed by atoms with Gasteiger partial charge in [-0.05, 0) is 45.1 Å². The van der Waals surface area contributed by atoms with E-state index in [2.05, 4.69) is 0 Å². The predicted octanol–water partition coefficient (Wildman–Crippen LogP) is 3.22. The molecule has 0 N–H and O–H groups in total. The second kappa shape index (κ2) is 6.69. The molecule has 6 heteroatoms. The normalized spacial score (nSPS) is 16.5. The summed E-state index contributed by atoms with van der Waals surface area (Å²) in [7, 11) is 1.77. The molecular formula is C16H24N2O3S. The molecule has 0 spiro atoms. The molecule has 1 fully saturated rings. The van der Waals surface area contributed by atoms with Crippen LogP contribution in [-0.2, 0) is 4.74 Å². The number of amides is 2. The number of carbonyl (C=O) groups is 2. The van der Waals surface area contributed by atoms with Gasteiger partial charge in [-0.2, -0.15) is 0 Å². The van der Waals surface area contributed by atoms with Gasteiger partial charge in [-0.25, -0.2) is 4.79 Å². The standard InChI is InChI=1S/C16H24N2O3S/c1-16(2,3)21-15(20)17(4)12-7-9-18(10-8-12)14(19)13-6-5-11-22-13/h5-6,11-12H,7-10H2,1-4H3. The highest BCUT2D eigenvalue weighted by Crippen LogP contribution is 2.21. The fraction of sp³-hybridized carbons (Fsp3) is 0.625. The van der Waals surface area contributed by atoms with Gasteiger partial charge in [-0.3, -0.25) is 4.79 Å². The van der Waals surface area contributed by atoms with Crippen LogP contribution in [0.5, 0.6) is 0 Å². The quantitative estimate of drug-likeness (QED) is 0.839. The average Bonchev–Trinajstić information content (AvgIpc) is 2.98. The summed E-state index contributed by atoms with van der Waals surface area (Å²) in [5, 5.41) is 1.91. The third-order valence-corrected chi connectivity index (χ3v) is 4.57. The molecule has 1 aliphatic rings. The molecule has 0 bridgehead atoms. The van der Waals surface area contributed by atoms with Crippen LogP contribution >= 0.6 is 11.3 Å². The Bertz CT molecular complexity index is 514. The number of hydrogen-bond acceptors (Lipinski definition) is 4. The van der Waals surface area contributed by atoms with Crippen molar-refractivity contribution >= 4 is 23.3 Å². The lowest BCUT2D eigenvalue weighted by molar-refractivity contribution is 0.0156. The van der Waals surface area contributed by atoms with E-state index in [9.17, 15) is 9.59 Å². The molecule has 122 valence electrons. The zero-order chi connectivity index (χ0) is 16.3. The Morgan fingerprint density at radius 3 is 2.45 bits per heavy atom. The van der Waals surface area contributed by atoms with Gasteiger partial charge in [0.2, 0.25) is 0 Å². The number of rotatable bonds is 2. The number of piperidine rings is 1. The summed E-state index contributed by atoms with van der Waals surface area (Å²) in [6.07, 6.45) is 1.27. The minimum absolute atomic E-state index is 0.0911. The van der Waals surface area contributed by atoms with Crippen molar-refractivity contribution in [2.45, 2.75) is 45.3 Å². The SMILES string of the molecule is CN(C(=O)OC(C)(C)C)C1CCN(C(=O)c2cccs2)CC1. The maximum atomic E-state index is 12.3. The third-order valence-electron chi connectivity index (χ3n) is 3.71. The first-order valence-corrected chi connectivity index (χ1v) is 8.44. The third kappa shape index (κ3) is 4.22. The van der Waals surface area contributed by atoms with Crippen LogP contribution in [0.2, 0.25) is 0 Å². The second-order valence-corrected chi connectivity index (χ2v) is 7.54. The molecule has 0 saturated carbocycles. The topological polar surface area (TPSA) is 49.9 Å². The first-order chi connectivity index (χ1) is 10.3. The zero-order valence-electron chi connectivity index (χ0n) is 13.7. The van der Waals surface area contributed by atoms with Crippen LogP contribution < -0.4 is 0 Å². The maximum absolute atomic E-state index is 12.3. The zero-order valence-corrected chi connectivity index (χ0v) is 14.5. The van der Waals surface area contributed by atoms with E-state index < -0.39 is 5.60 Å². The molecule has 0 aliphatic carbocycles. The molecule has 22 heavy (non-hydrogen) atoms. The summed E-state index contributed by atoms with van der Waals surface area (Å²) >= 11 is 1.47. The van der Waals surface area contributed by atoms with Crippen LogP contribution in [-0.4, -0.2) is 53.6 Å². The molecule has 1 aliphatic heterocycles. The van der Waals surface area contributed by atoms with Crippen LogP contribution in [0.15, 0.2) is 17.5 Å². The van der Waals surface area contributed by atoms with Crippen LogP contribution in [0, 0.1) is 0 Å². The lowest BCUT2D eigenvalue weighted by Crippen LogP contribution is -2.48. The lowest BCUT2D eigenvalue weighted by Gasteiger charge is -2.37. The Balaban J connectivity index is 1.86. The highest BCUT2D eigenvalue weighted by molar-refractivity contribution is 7.12. The van der Waals surface area contributed by atoms with Crippen molar-refractivity contribution in [3.8, 4) is 0 Å². The Morgan fingerprint density at radius 2 is 1.95 bits per heavy atom. The molecular weight excluding hydrogens is 300 g/mol. The summed E-state index contributed by atoms with van der Waals surface area (Å²) in [5.41, 5.74) is -0.485. The fourth-order valence-corrected chi connectivity index (χ4v) is 3.19. The first kappa shape index (κ1) is 16.8. The summed E-state index contributed by atoms with van der Waals surface area (Å²) < 4.78 is 5.39. The van der Waals surface area contributed by atoms with Gasteiger partial charge in [-0.15, -0.1) is 11.3 Å². The number of thiophene rings is 1. The van der Waals surface area contributed by atoms with E-state index in [0.717, 1.165) is 17.7 Å². The van der Waals surface area contributed by atoms with E-state index in [4.69, 9.17) is 4.74 Å². The Hall–Kier alpha value is -1.56. The summed E-state index contributed by atoms with van der Waals surface area (Å²) in [6, 6.07) is 3.87. The number of ether oxygens (including phenoxy) is 1. The second-order valence-electron chi connectivity index (χ2n) is 6.59. The van der Waals surface area contributed by atoms with Gasteiger partial charge in [0.1, 0.15) is 5.60 Å². The van der Waals surface area contributed by atoms with Crippen LogP contribution in [0.1, 0.15) is 43.3 Å². The number of nitrogens with zero attached hydrogens (tertiary/aromatic N) is 2. The molecule has 2 heterocycles. The molecule has 1 saturated heterocycles. The van der Waals surface area contributed by atoms with Crippen molar-refractivity contribution in [3.05, 3.63) is 22.4 Å². The lowest BCUT2D eigenvalue weighted by atomic mass is 10.0. The maximum Gasteiger partial charge on any atom is 0.410 e. The van der Waals surface area contributed by atoms with Gasteiger partial charge in [0, 0.05) is 26.2 Å². The molecule has 0 aromatic carbocycles. The van der Waals surface area contributed by atoms with Gasteiger partial charge in [0.25, 0.3) is 5.91 Å². The largest absolute Gasteiger partial charge is 0.444 e. The molecule has 0 radical (unpaired) electrons. The Labute approximate surface area is 135 Å². The first-order valence-electron chi connectivity index (χ1n) is 7.56. The smallest absolute Gasteiger partial charge is 0.410 e. The summed E-state index contributed by atoms with van der Waals surface area (Å²) in [4.78, 5) is 28.7. The van der Waals surface area contributed by atoms with Crippen LogP contribution in [0.4, 0.5) is 4.79 Å². The van der Waals surface area contributed by atoms with Crippen molar-refractivity contribution < 1.29 is 14.3 Å². The number of hydrogen-bond donors (Lipinski definition) is 0. The highest BCUT2D eigenvalue weighted by atomic mass is 32.1. The summed E-state index contributed by atoms with van der Waals surface area (Å²) in [5.74, 6) is 0.0911. The minimum Gasteiger partial charge on any atom is -0.444 e. The highest BCUT2D eigenvalue weighted by Gasteiger charge is 2.30. The van der Waals surface area contributed by atoms with Gasteiger partial charge >= 0.3 is 6.09 Å². The van der Waals surface area contributed by atoms with Crippen molar-refractivity contribution in [3.63, 3.8) is 0 Å². The number of likely N-dealkylation sites (tertiary alicyclic amines) is 1. The molecule has 2 amide bonds. The Morgan fingerprint density at radius 1 is 1.32 bits per heavy atom. The molecule has 5 nitrogen and oxygen atoms in total. The van der Waals surface area contributed by atoms with Crippen LogP contribution in [0.3, 0.4) is 0 Å². The fourth-order valence-electron chi connectivity index (χ4n) is 2.50. The molecule has 1 aromatic heterocycles. The van der Waals surface area contributed by atoms with Gasteiger partial charge in [0.05, 0.1) is 4.88 Å². The summed E-state index contributed by atoms with van der Waals surface area (Å²) in [6.45, 7) is 6.94. The van der Waals surface area contributed by atoms with Crippen molar-refractivity contribution in [1.82, 2.24) is 9.80 Å². The van der Waals surface area contributed by atoms with E-state index in [1.165, 1.54) is 11.3 Å². The molecule has 0 unspecified atom stereocenters. The Kier molecular flexibility index (Phi) is 5.11. The van der Waals surface area contributed by atoms with E-state index in [-0.39, 0.29) is 18.0 Å². The van der Waals surface area contributed by atoms with Gasteiger partial charge in [0.15, 0.2) is 0 Å². The molecule has 0 atom stereocenters. The predicted molar refractivity (Wildman–Crippen MR) is 87.2 cm³/mol. The molecule has 1 aromatic rings. The van der Waals surface area contributed by atoms with Crippen molar-refractivity contribution in [2.24, 2.45) is 0 Å². The monoisotopic (exact) mass is 324 g/mol.